The van der Waals surface area contributed by atoms with Crippen molar-refractivity contribution in [2.24, 2.45) is 7.05 Å². The van der Waals surface area contributed by atoms with Crippen molar-refractivity contribution < 1.29 is 9.21 Å². The first-order chi connectivity index (χ1) is 12.0. The number of benzene rings is 1. The molecule has 6 nitrogen and oxygen atoms in total. The molecule has 0 aliphatic carbocycles. The number of fused-ring (bicyclic) bond motifs is 1. The number of hydrogen-bond donors (Lipinski definition) is 0. The predicted octanol–water partition coefficient (Wildman–Crippen LogP) is 2.46. The molecule has 4 rings (SSSR count). The van der Waals surface area contributed by atoms with E-state index < -0.39 is 0 Å². The Kier molecular flexibility index (Phi) is 3.67. The number of imidazole rings is 1. The molecule has 1 aliphatic heterocycles. The van der Waals surface area contributed by atoms with Crippen LogP contribution in [0.4, 0.5) is 0 Å². The van der Waals surface area contributed by atoms with Crippen LogP contribution in [0.1, 0.15) is 34.4 Å². The zero-order valence-corrected chi connectivity index (χ0v) is 14.2. The second-order valence-electron chi connectivity index (χ2n) is 6.56. The first-order valence-electron chi connectivity index (χ1n) is 8.35. The minimum atomic E-state index is -0.240. The second-order valence-corrected chi connectivity index (χ2v) is 6.56. The van der Waals surface area contributed by atoms with Crippen molar-refractivity contribution >= 4 is 16.9 Å². The summed E-state index contributed by atoms with van der Waals surface area (Å²) in [5.41, 5.74) is 1.22. The van der Waals surface area contributed by atoms with E-state index in [-0.39, 0.29) is 23.0 Å². The number of para-hydroxylation sites is 1. The quantitative estimate of drug-likeness (QED) is 0.720. The van der Waals surface area contributed by atoms with Gasteiger partial charge in [0.05, 0.1) is 11.1 Å². The van der Waals surface area contributed by atoms with Gasteiger partial charge in [-0.1, -0.05) is 12.1 Å². The monoisotopic (exact) mass is 337 g/mol. The molecule has 1 amide bonds. The average Bonchev–Trinajstić information content (AvgIpc) is 3.20. The summed E-state index contributed by atoms with van der Waals surface area (Å²) < 4.78 is 7.69. The van der Waals surface area contributed by atoms with Crippen molar-refractivity contribution in [2.75, 3.05) is 13.1 Å². The number of amides is 1. The van der Waals surface area contributed by atoms with Crippen molar-refractivity contribution in [3.05, 3.63) is 64.0 Å². The zero-order chi connectivity index (χ0) is 17.6. The molecule has 1 saturated heterocycles. The highest BCUT2D eigenvalue weighted by atomic mass is 16.3. The molecule has 3 aromatic rings. The molecule has 3 heterocycles. The Labute approximate surface area is 144 Å². The van der Waals surface area contributed by atoms with Crippen LogP contribution in [-0.2, 0) is 7.05 Å². The smallest absolute Gasteiger partial charge is 0.289 e. The van der Waals surface area contributed by atoms with Gasteiger partial charge in [0.15, 0.2) is 11.2 Å². The van der Waals surface area contributed by atoms with Crippen molar-refractivity contribution in [3.63, 3.8) is 0 Å². The van der Waals surface area contributed by atoms with Crippen LogP contribution in [-0.4, -0.2) is 33.4 Å². The summed E-state index contributed by atoms with van der Waals surface area (Å²) in [6.07, 6.45) is 2.84. The highest BCUT2D eigenvalue weighted by molar-refractivity contribution is 5.93. The van der Waals surface area contributed by atoms with E-state index in [0.717, 1.165) is 17.9 Å². The van der Waals surface area contributed by atoms with E-state index in [9.17, 15) is 9.59 Å². The normalized spacial score (nSPS) is 17.4. The lowest BCUT2D eigenvalue weighted by molar-refractivity contribution is 0.0759. The van der Waals surface area contributed by atoms with Gasteiger partial charge >= 0.3 is 0 Å². The van der Waals surface area contributed by atoms with Gasteiger partial charge in [-0.05, 0) is 25.5 Å². The standard InChI is InChI=1S/C19H19N3O3/c1-12-10-21(2)18(20-12)13-7-8-22(11-13)19(24)17-9-15(23)14-5-3-4-6-16(14)25-17/h3-6,9-10,13H,7-8,11H2,1-2H3/t13-/m1/s1. The molecule has 1 fully saturated rings. The number of likely N-dealkylation sites (tertiary alicyclic amines) is 1. The Morgan fingerprint density at radius 1 is 1.32 bits per heavy atom. The number of aromatic nitrogens is 2. The molecule has 1 aromatic carbocycles. The Balaban J connectivity index is 1.60. The molecular weight excluding hydrogens is 318 g/mol. The van der Waals surface area contributed by atoms with Gasteiger partial charge in [0.1, 0.15) is 11.4 Å². The van der Waals surface area contributed by atoms with Crippen molar-refractivity contribution in [2.45, 2.75) is 19.3 Å². The predicted molar refractivity (Wildman–Crippen MR) is 93.7 cm³/mol. The molecule has 2 aromatic heterocycles. The molecule has 1 atom stereocenters. The van der Waals surface area contributed by atoms with Gasteiger partial charge < -0.3 is 13.9 Å². The summed E-state index contributed by atoms with van der Waals surface area (Å²) in [5, 5.41) is 0.488. The molecule has 0 unspecified atom stereocenters. The molecule has 128 valence electrons. The number of carbonyl (C=O) groups excluding carboxylic acids is 1. The van der Waals surface area contributed by atoms with E-state index >= 15 is 0 Å². The first-order valence-corrected chi connectivity index (χ1v) is 8.35. The summed E-state index contributed by atoms with van der Waals surface area (Å²) >= 11 is 0. The van der Waals surface area contributed by atoms with E-state index in [1.165, 1.54) is 6.07 Å². The molecule has 0 bridgehead atoms. The SMILES string of the molecule is Cc1cn(C)c([C@@H]2CCN(C(=O)c3cc(=O)c4ccccc4o3)C2)n1. The molecule has 0 spiro atoms. The van der Waals surface area contributed by atoms with Crippen LogP contribution in [0.3, 0.4) is 0 Å². The van der Waals surface area contributed by atoms with E-state index in [1.54, 1.807) is 29.2 Å². The molecule has 0 saturated carbocycles. The van der Waals surface area contributed by atoms with Gasteiger partial charge in [0.2, 0.25) is 0 Å². The summed E-state index contributed by atoms with van der Waals surface area (Å²) in [5.74, 6) is 1.05. The molecule has 25 heavy (non-hydrogen) atoms. The van der Waals surface area contributed by atoms with Gasteiger partial charge in [-0.2, -0.15) is 0 Å². The third-order valence-corrected chi connectivity index (χ3v) is 4.72. The lowest BCUT2D eigenvalue weighted by atomic mass is 10.1. The maximum atomic E-state index is 12.8. The lowest BCUT2D eigenvalue weighted by Gasteiger charge is -2.16. The van der Waals surface area contributed by atoms with Crippen LogP contribution in [0.15, 0.2) is 45.7 Å². The minimum Gasteiger partial charge on any atom is -0.451 e. The molecule has 6 heteroatoms. The highest BCUT2D eigenvalue weighted by Gasteiger charge is 2.31. The first kappa shape index (κ1) is 15.6. The molecule has 0 radical (unpaired) electrons. The van der Waals surface area contributed by atoms with Crippen LogP contribution < -0.4 is 5.43 Å². The Morgan fingerprint density at radius 2 is 2.12 bits per heavy atom. The fourth-order valence-corrected chi connectivity index (χ4v) is 3.53. The molecule has 1 aliphatic rings. The molecule has 0 N–H and O–H groups in total. The van der Waals surface area contributed by atoms with E-state index in [4.69, 9.17) is 4.42 Å². The van der Waals surface area contributed by atoms with Gasteiger partial charge in [-0.3, -0.25) is 9.59 Å². The van der Waals surface area contributed by atoms with Crippen molar-refractivity contribution in [3.8, 4) is 0 Å². The van der Waals surface area contributed by atoms with E-state index in [1.807, 2.05) is 24.7 Å². The van der Waals surface area contributed by atoms with Crippen LogP contribution in [0.25, 0.3) is 11.0 Å². The van der Waals surface area contributed by atoms with Gasteiger partial charge in [0.25, 0.3) is 5.91 Å². The van der Waals surface area contributed by atoms with Gasteiger partial charge in [-0.15, -0.1) is 0 Å². The third-order valence-electron chi connectivity index (χ3n) is 4.72. The van der Waals surface area contributed by atoms with E-state index in [2.05, 4.69) is 4.98 Å². The minimum absolute atomic E-state index is 0.0976. The number of rotatable bonds is 2. The Hall–Kier alpha value is -2.89. The Morgan fingerprint density at radius 3 is 2.88 bits per heavy atom. The Bertz CT molecular complexity index is 1020. The number of nitrogens with zero attached hydrogens (tertiary/aromatic N) is 3. The van der Waals surface area contributed by atoms with Crippen LogP contribution in [0, 0.1) is 6.92 Å². The molecular formula is C19H19N3O3. The van der Waals surface area contributed by atoms with Crippen molar-refractivity contribution in [1.82, 2.24) is 14.5 Å². The summed E-state index contributed by atoms with van der Waals surface area (Å²) in [4.78, 5) is 31.3. The van der Waals surface area contributed by atoms with E-state index in [0.29, 0.717) is 24.1 Å². The number of carbonyl (C=O) groups is 1. The number of aryl methyl sites for hydroxylation is 2. The zero-order valence-electron chi connectivity index (χ0n) is 14.2. The third kappa shape index (κ3) is 2.73. The average molecular weight is 337 g/mol. The largest absolute Gasteiger partial charge is 0.451 e. The highest BCUT2D eigenvalue weighted by Crippen LogP contribution is 2.27. The van der Waals surface area contributed by atoms with Crippen LogP contribution in [0.5, 0.6) is 0 Å². The van der Waals surface area contributed by atoms with Gasteiger partial charge in [-0.25, -0.2) is 4.98 Å². The lowest BCUT2D eigenvalue weighted by Crippen LogP contribution is -2.29. The fraction of sp³-hybridized carbons (Fsp3) is 0.316. The fourth-order valence-electron chi connectivity index (χ4n) is 3.53. The van der Waals surface area contributed by atoms with Gasteiger partial charge in [0, 0.05) is 38.3 Å². The van der Waals surface area contributed by atoms with Crippen LogP contribution >= 0.6 is 0 Å². The second kappa shape index (κ2) is 5.88. The summed E-state index contributed by atoms with van der Waals surface area (Å²) in [7, 11) is 1.97. The number of hydrogen-bond acceptors (Lipinski definition) is 4. The topological polar surface area (TPSA) is 68.3 Å². The summed E-state index contributed by atoms with van der Waals surface area (Å²) in [6, 6.07) is 8.26. The van der Waals surface area contributed by atoms with Crippen molar-refractivity contribution in [1.29, 1.82) is 0 Å². The maximum absolute atomic E-state index is 12.8. The van der Waals surface area contributed by atoms with Crippen LogP contribution in [0.2, 0.25) is 0 Å². The maximum Gasteiger partial charge on any atom is 0.289 e. The summed E-state index contributed by atoms with van der Waals surface area (Å²) in [6.45, 7) is 3.18.